The predicted octanol–water partition coefficient (Wildman–Crippen LogP) is 10.8. The van der Waals surface area contributed by atoms with Crippen LogP contribution in [0.1, 0.15) is 17.3 Å². The minimum atomic E-state index is -0.195. The highest BCUT2D eigenvalue weighted by molar-refractivity contribution is 6.09. The molecule has 0 radical (unpaired) electrons. The average molecular weight is 644 g/mol. The maximum Gasteiger partial charge on any atom is 0.158 e. The number of hydrogen-bond acceptors (Lipinski definition) is 4. The lowest BCUT2D eigenvalue weighted by Crippen LogP contribution is -2.24. The molecule has 8 aromatic rings. The minimum absolute atomic E-state index is 0.195. The molecule has 1 unspecified atom stereocenters. The number of benzene rings is 6. The second-order valence-corrected chi connectivity index (χ2v) is 13.0. The van der Waals surface area contributed by atoms with Crippen molar-refractivity contribution in [2.24, 2.45) is 0 Å². The van der Waals surface area contributed by atoms with Crippen molar-refractivity contribution in [2.45, 2.75) is 6.17 Å². The highest BCUT2D eigenvalue weighted by Crippen LogP contribution is 2.47. The van der Waals surface area contributed by atoms with Crippen LogP contribution < -0.4 is 15.5 Å². The van der Waals surface area contributed by atoms with Gasteiger partial charge in [0.15, 0.2) is 5.82 Å². The summed E-state index contributed by atoms with van der Waals surface area (Å²) in [5.74, 6) is 0.910. The van der Waals surface area contributed by atoms with Crippen molar-refractivity contribution in [3.63, 3.8) is 0 Å². The Morgan fingerprint density at radius 3 is 2.12 bits per heavy atom. The molecule has 6 aromatic carbocycles. The van der Waals surface area contributed by atoms with Gasteiger partial charge >= 0.3 is 0 Å². The fraction of sp³-hybridized carbons (Fsp3) is 0.0444. The first-order chi connectivity index (χ1) is 24.8. The Kier molecular flexibility index (Phi) is 6.56. The lowest BCUT2D eigenvalue weighted by Gasteiger charge is -2.28. The van der Waals surface area contributed by atoms with Gasteiger partial charge in [-0.15, -0.1) is 0 Å². The largest absolute Gasteiger partial charge is 0.387 e. The molecule has 2 N–H and O–H groups in total. The second-order valence-electron chi connectivity index (χ2n) is 13.0. The number of rotatable bonds is 5. The van der Waals surface area contributed by atoms with Gasteiger partial charge in [0.1, 0.15) is 6.17 Å². The van der Waals surface area contributed by atoms with Crippen LogP contribution in [0.25, 0.3) is 55.0 Å². The van der Waals surface area contributed by atoms with Crippen LogP contribution in [-0.4, -0.2) is 16.1 Å². The third-order valence-corrected chi connectivity index (χ3v) is 9.98. The van der Waals surface area contributed by atoms with Gasteiger partial charge in [0.25, 0.3) is 0 Å². The zero-order valence-corrected chi connectivity index (χ0v) is 27.3. The molecule has 10 rings (SSSR count). The highest BCUT2D eigenvalue weighted by atomic mass is 15.4. The Balaban J connectivity index is 1.16. The summed E-state index contributed by atoms with van der Waals surface area (Å²) in [6.45, 7) is 0.829. The van der Waals surface area contributed by atoms with Crippen LogP contribution in [0.3, 0.4) is 0 Å². The topological polar surface area (TPSA) is 45.1 Å². The summed E-state index contributed by atoms with van der Waals surface area (Å²) in [4.78, 5) is 7.47. The SMILES string of the molecule is C1=CC(c2cc(C3Nc4cc(-c5ccc6ccccc6c5)cnc4N3c3ccccc3)cc(-n3c4ccccc4c4ccccc43)c2)=CNC1. The fourth-order valence-corrected chi connectivity index (χ4v) is 7.65. The van der Waals surface area contributed by atoms with Crippen molar-refractivity contribution in [3.8, 4) is 16.8 Å². The Hall–Kier alpha value is -6.59. The monoisotopic (exact) mass is 643 g/mol. The normalized spacial score (nSPS) is 15.2. The van der Waals surface area contributed by atoms with E-state index in [2.05, 4.69) is 184 Å². The van der Waals surface area contributed by atoms with Crippen molar-refractivity contribution in [1.82, 2.24) is 14.9 Å². The Labute approximate surface area is 290 Å². The molecule has 5 heteroatoms. The van der Waals surface area contributed by atoms with Gasteiger partial charge in [-0.25, -0.2) is 4.98 Å². The first-order valence-electron chi connectivity index (χ1n) is 17.1. The van der Waals surface area contributed by atoms with E-state index >= 15 is 0 Å². The number of para-hydroxylation sites is 3. The van der Waals surface area contributed by atoms with E-state index in [0.29, 0.717) is 0 Å². The maximum absolute atomic E-state index is 5.14. The van der Waals surface area contributed by atoms with Crippen LogP contribution in [0, 0.1) is 0 Å². The average Bonchev–Trinajstić information content (AvgIpc) is 3.74. The van der Waals surface area contributed by atoms with Crippen LogP contribution in [0.5, 0.6) is 0 Å². The smallest absolute Gasteiger partial charge is 0.158 e. The van der Waals surface area contributed by atoms with Crippen molar-refractivity contribution < 1.29 is 0 Å². The molecular weight excluding hydrogens is 611 g/mol. The Morgan fingerprint density at radius 1 is 0.600 bits per heavy atom. The third-order valence-electron chi connectivity index (χ3n) is 9.98. The number of nitrogens with zero attached hydrogens (tertiary/aromatic N) is 3. The van der Waals surface area contributed by atoms with Crippen molar-refractivity contribution in [1.29, 1.82) is 0 Å². The summed E-state index contributed by atoms with van der Waals surface area (Å²) >= 11 is 0. The van der Waals surface area contributed by atoms with Gasteiger partial charge in [-0.05, 0) is 87.6 Å². The molecule has 0 spiro atoms. The zero-order valence-electron chi connectivity index (χ0n) is 27.3. The summed E-state index contributed by atoms with van der Waals surface area (Å²) in [5, 5.41) is 12.3. The van der Waals surface area contributed by atoms with Crippen LogP contribution in [0.15, 0.2) is 170 Å². The quantitative estimate of drug-likeness (QED) is 0.196. The molecule has 0 saturated heterocycles. The lowest BCUT2D eigenvalue weighted by atomic mass is 9.99. The predicted molar refractivity (Wildman–Crippen MR) is 208 cm³/mol. The van der Waals surface area contributed by atoms with E-state index in [1.165, 1.54) is 32.6 Å². The van der Waals surface area contributed by atoms with Gasteiger partial charge < -0.3 is 15.2 Å². The molecule has 0 amide bonds. The zero-order chi connectivity index (χ0) is 33.0. The number of aromatic nitrogens is 2. The molecular formula is C45H33N5. The third kappa shape index (κ3) is 4.66. The molecule has 2 aliphatic heterocycles. The maximum atomic E-state index is 5.14. The summed E-state index contributed by atoms with van der Waals surface area (Å²) in [6, 6.07) is 52.3. The Bertz CT molecular complexity index is 2600. The van der Waals surface area contributed by atoms with Gasteiger partial charge in [0.05, 0.1) is 16.7 Å². The molecule has 0 aliphatic carbocycles. The van der Waals surface area contributed by atoms with Crippen LogP contribution in [-0.2, 0) is 0 Å². The summed E-state index contributed by atoms with van der Waals surface area (Å²) in [7, 11) is 0. The summed E-state index contributed by atoms with van der Waals surface area (Å²) < 4.78 is 2.41. The number of hydrogen-bond donors (Lipinski definition) is 2. The van der Waals surface area contributed by atoms with Gasteiger partial charge in [0, 0.05) is 46.7 Å². The fourth-order valence-electron chi connectivity index (χ4n) is 7.65. The van der Waals surface area contributed by atoms with E-state index in [0.717, 1.165) is 57.3 Å². The lowest BCUT2D eigenvalue weighted by molar-refractivity contribution is 0.818. The highest BCUT2D eigenvalue weighted by Gasteiger charge is 2.33. The number of allylic oxidation sites excluding steroid dienone is 2. The van der Waals surface area contributed by atoms with Crippen molar-refractivity contribution >= 4 is 55.3 Å². The van der Waals surface area contributed by atoms with Crippen LogP contribution in [0.2, 0.25) is 0 Å². The van der Waals surface area contributed by atoms with E-state index in [1.807, 2.05) is 6.20 Å². The standard InChI is InChI=1S/C45H33N5/c1-2-14-37(15-3-1)50-44(48-41-27-36(29-47-45(41)50)32-21-20-30-11-4-5-12-31(30)23-32)35-24-34(33-13-10-22-46-28-33)25-38(26-35)49-42-18-8-6-16-39(42)40-17-7-9-19-43(40)49/h1-21,23-29,44,46,48H,22H2. The molecule has 0 bridgehead atoms. The first-order valence-corrected chi connectivity index (χ1v) is 17.1. The van der Waals surface area contributed by atoms with E-state index in [9.17, 15) is 0 Å². The molecule has 2 aromatic heterocycles. The summed E-state index contributed by atoms with van der Waals surface area (Å²) in [6.07, 6.45) is 8.33. The van der Waals surface area contributed by atoms with E-state index in [-0.39, 0.29) is 6.17 Å². The molecule has 238 valence electrons. The first kappa shape index (κ1) is 28.4. The number of anilines is 3. The van der Waals surface area contributed by atoms with Gasteiger partial charge in [0.2, 0.25) is 0 Å². The molecule has 2 aliphatic rings. The van der Waals surface area contributed by atoms with Gasteiger partial charge in [-0.2, -0.15) is 0 Å². The second kappa shape index (κ2) is 11.5. The van der Waals surface area contributed by atoms with Gasteiger partial charge in [-0.1, -0.05) is 103 Å². The number of fused-ring (bicyclic) bond motifs is 5. The van der Waals surface area contributed by atoms with Crippen LogP contribution >= 0.6 is 0 Å². The molecule has 0 fully saturated rings. The number of nitrogens with one attached hydrogen (secondary N) is 2. The molecule has 50 heavy (non-hydrogen) atoms. The van der Waals surface area contributed by atoms with Crippen molar-refractivity contribution in [2.75, 3.05) is 16.8 Å². The van der Waals surface area contributed by atoms with Crippen molar-refractivity contribution in [3.05, 3.63) is 181 Å². The van der Waals surface area contributed by atoms with Crippen LogP contribution in [0.4, 0.5) is 17.2 Å². The van der Waals surface area contributed by atoms with E-state index < -0.39 is 0 Å². The number of pyridine rings is 1. The van der Waals surface area contributed by atoms with Gasteiger partial charge in [-0.3, -0.25) is 4.90 Å². The molecule has 1 atom stereocenters. The molecule has 0 saturated carbocycles. The molecule has 4 heterocycles. The Morgan fingerprint density at radius 2 is 1.34 bits per heavy atom. The summed E-state index contributed by atoms with van der Waals surface area (Å²) in [5.41, 5.74) is 11.3. The minimum Gasteiger partial charge on any atom is -0.387 e. The van der Waals surface area contributed by atoms with E-state index in [1.54, 1.807) is 0 Å². The number of dihydropyridines is 1. The molecule has 5 nitrogen and oxygen atoms in total. The van der Waals surface area contributed by atoms with E-state index in [4.69, 9.17) is 4.98 Å².